The number of hydrogen-bond acceptors (Lipinski definition) is 32. The third-order valence-corrected chi connectivity index (χ3v) is 17.7. The average molecular weight is 1380 g/mol. The lowest BCUT2D eigenvalue weighted by Crippen LogP contribution is -2.70. The second kappa shape index (κ2) is 34.1. The standard InChI is InChI=1S/C59H90N12O26/c1-22(2)13-35(77)96-48-32(20-74)95-57(47(86)43(48)82)97-49-33(21-75)94-56(46(85)44(49)83)92-26-11-9-24(10-12-26)14-27-51(88)69-37(39(78)28-15-63-58(60)67-28)54(91)70-38(40(79)30-16-64-59(61)71(30)55-45(84)42(81)41(80)31(19-73)93-55)53(90)66-29(18-72)50(87)62-17-34(76)68-36(52(89)65-27)23(3)25-7-5-4-6-8-25/h4-12,22-23,27-33,36-49,55-59,63-64,67,72-75,78-86H,13-21,60-61H2,1-3H3,(H,62,87)(H,65,89)(H,66,90)(H,68,76)(H,69,88)(H,70,91)/t23-,27+,28-,29-,30-,31+,32+,33+,36-,37-,38+,39-,40-,41+,42-,43+,44+,45-,46-,47-,48+,49+,55-,56-,57+,58?,59?/m0/s1. The number of nitrogens with zero attached hydrogens (tertiary/aromatic N) is 1. The van der Waals surface area contributed by atoms with Gasteiger partial charge in [0.15, 0.2) is 12.4 Å². The van der Waals surface area contributed by atoms with Crippen molar-refractivity contribution >= 4 is 41.4 Å². The molecule has 26 N–H and O–H groups in total. The molecule has 8 rings (SSSR count). The van der Waals surface area contributed by atoms with Crippen molar-refractivity contribution < 1.29 is 128 Å². The highest BCUT2D eigenvalue weighted by atomic mass is 16.7. The Labute approximate surface area is 554 Å². The van der Waals surface area contributed by atoms with Gasteiger partial charge in [0.25, 0.3) is 0 Å². The second-order valence-corrected chi connectivity index (χ2v) is 25.0. The number of carbonyl (C=O) groups is 7. The topological polar surface area (TPSA) is 601 Å². The minimum absolute atomic E-state index is 0.0581. The fourth-order valence-corrected chi connectivity index (χ4v) is 12.2. The molecule has 2 unspecified atom stereocenters. The van der Waals surface area contributed by atoms with Crippen LogP contribution in [0.4, 0.5) is 0 Å². The third-order valence-electron chi connectivity index (χ3n) is 17.7. The maximum absolute atomic E-state index is 15.2. The number of benzene rings is 2. The largest absolute Gasteiger partial charge is 0.462 e. The van der Waals surface area contributed by atoms with E-state index in [2.05, 4.69) is 47.9 Å². The highest BCUT2D eigenvalue weighted by molar-refractivity contribution is 5.98. The van der Waals surface area contributed by atoms with E-state index < -0.39 is 252 Å². The van der Waals surface area contributed by atoms with E-state index in [4.69, 9.17) is 39.9 Å². The summed E-state index contributed by atoms with van der Waals surface area (Å²) >= 11 is 0. The summed E-state index contributed by atoms with van der Waals surface area (Å²) in [6.07, 6.45) is -33.8. The van der Waals surface area contributed by atoms with Crippen LogP contribution in [0.2, 0.25) is 0 Å². The lowest BCUT2D eigenvalue weighted by molar-refractivity contribution is -0.353. The molecule has 27 atom stereocenters. The van der Waals surface area contributed by atoms with Crippen LogP contribution < -0.4 is 64.1 Å². The zero-order valence-corrected chi connectivity index (χ0v) is 52.9. The van der Waals surface area contributed by atoms with E-state index in [1.54, 1.807) is 51.1 Å². The molecule has 6 heterocycles. The predicted octanol–water partition coefficient (Wildman–Crippen LogP) is -13.0. The minimum atomic E-state index is -2.31. The molecule has 0 radical (unpaired) electrons. The highest BCUT2D eigenvalue weighted by Crippen LogP contribution is 2.33. The van der Waals surface area contributed by atoms with Crippen molar-refractivity contribution in [3.63, 3.8) is 0 Å². The fraction of sp³-hybridized carbons (Fsp3) is 0.678. The van der Waals surface area contributed by atoms with Crippen molar-refractivity contribution in [2.75, 3.05) is 46.1 Å². The number of nitrogens with two attached hydrogens (primary N) is 2. The Morgan fingerprint density at radius 2 is 1.19 bits per heavy atom. The number of amides is 6. The molecule has 0 bridgehead atoms. The van der Waals surface area contributed by atoms with Gasteiger partial charge in [0.2, 0.25) is 41.7 Å². The van der Waals surface area contributed by atoms with Gasteiger partial charge in [0.05, 0.1) is 51.2 Å². The van der Waals surface area contributed by atoms with Crippen molar-refractivity contribution in [3.8, 4) is 5.75 Å². The molecule has 6 aliphatic heterocycles. The van der Waals surface area contributed by atoms with Crippen molar-refractivity contribution in [2.24, 2.45) is 17.4 Å². The van der Waals surface area contributed by atoms with E-state index in [1.807, 2.05) is 0 Å². The van der Waals surface area contributed by atoms with Crippen LogP contribution >= 0.6 is 0 Å². The first-order valence-corrected chi connectivity index (χ1v) is 31.6. The minimum Gasteiger partial charge on any atom is -0.462 e. The van der Waals surface area contributed by atoms with Gasteiger partial charge >= 0.3 is 5.97 Å². The van der Waals surface area contributed by atoms with E-state index in [1.165, 1.54) is 24.3 Å². The summed E-state index contributed by atoms with van der Waals surface area (Å²) in [6.45, 7) is -0.149. The number of nitrogens with one attached hydrogen (secondary N) is 9. The molecule has 38 nitrogen and oxygen atoms in total. The molecule has 6 aliphatic rings. The van der Waals surface area contributed by atoms with Crippen LogP contribution in [0.25, 0.3) is 0 Å². The summed E-state index contributed by atoms with van der Waals surface area (Å²) in [5.41, 5.74) is 13.1. The summed E-state index contributed by atoms with van der Waals surface area (Å²) in [4.78, 5) is 101. The van der Waals surface area contributed by atoms with Gasteiger partial charge in [-0.25, -0.2) is 4.90 Å². The zero-order chi connectivity index (χ0) is 70.9. The molecule has 6 fully saturated rings. The molecule has 0 aromatic heterocycles. The number of aliphatic hydroxyl groups is 13. The Morgan fingerprint density at radius 1 is 0.598 bits per heavy atom. The Morgan fingerprint density at radius 3 is 1.81 bits per heavy atom. The Hall–Kier alpha value is -6.39. The van der Waals surface area contributed by atoms with Crippen LogP contribution in [0.5, 0.6) is 5.75 Å². The summed E-state index contributed by atoms with van der Waals surface area (Å²) in [5.74, 6) is -9.08. The molecule has 0 spiro atoms. The molecule has 0 saturated carbocycles. The summed E-state index contributed by atoms with van der Waals surface area (Å²) in [7, 11) is 0. The SMILES string of the molecule is CC(C)CC(=O)O[C@H]1[C@H](O)[C@H](O)[C@@H](O[C@H]2[C@H](O)[C@H](O)[C@@H](Oc3ccc(C[C@H]4NC(=O)[C@H]([C@@H](C)c5ccccc5)NC(=O)CNC(=O)[C@H](CO)NC(=O)[C@@H]([C@@H](O)[C@@H]5CNC(N)N5[C@H]5O[C@H](CO)[C@@H](O)[C@H](O)[C@@H]5O)NC(=O)[C@H]([C@@H](O)[C@@H]5CNC(N)N5)NC4=O)cc3)O[C@@H]2CO)O[C@@H]1CO. The molecule has 6 amide bonds. The van der Waals surface area contributed by atoms with Crippen molar-refractivity contribution in [1.29, 1.82) is 0 Å². The number of carbonyl (C=O) groups excluding carboxylic acids is 7. The van der Waals surface area contributed by atoms with E-state index >= 15 is 9.59 Å². The summed E-state index contributed by atoms with van der Waals surface area (Å²) < 4.78 is 34.2. The van der Waals surface area contributed by atoms with Gasteiger partial charge < -0.3 is 138 Å². The Bertz CT molecular complexity index is 2970. The first-order valence-electron chi connectivity index (χ1n) is 31.6. The van der Waals surface area contributed by atoms with Crippen molar-refractivity contribution in [1.82, 2.24) is 52.8 Å². The number of ether oxygens (including phenoxy) is 6. The fourth-order valence-electron chi connectivity index (χ4n) is 12.2. The van der Waals surface area contributed by atoms with Crippen LogP contribution in [0.1, 0.15) is 44.2 Å². The molecule has 6 saturated heterocycles. The average Bonchev–Trinajstić information content (AvgIpc) is 1.74. The quantitative estimate of drug-likeness (QED) is 0.0547. The summed E-state index contributed by atoms with van der Waals surface area (Å²) in [6, 6.07) is 1.16. The van der Waals surface area contributed by atoms with E-state index in [0.717, 1.165) is 4.90 Å². The normalized spacial score (nSPS) is 37.9. The van der Waals surface area contributed by atoms with Crippen LogP contribution in [-0.4, -0.2) is 318 Å². The summed E-state index contributed by atoms with van der Waals surface area (Å²) in [5, 5.41) is 166. The first-order chi connectivity index (χ1) is 46.1. The Kier molecular flexibility index (Phi) is 26.9. The van der Waals surface area contributed by atoms with Crippen molar-refractivity contribution in [3.05, 3.63) is 65.7 Å². The van der Waals surface area contributed by atoms with Crippen LogP contribution in [0.3, 0.4) is 0 Å². The Balaban J connectivity index is 1.08. The van der Waals surface area contributed by atoms with E-state index in [0.29, 0.717) is 5.56 Å². The molecule has 2 aromatic rings. The van der Waals surface area contributed by atoms with Crippen LogP contribution in [-0.2, 0) is 63.7 Å². The molecule has 0 aliphatic carbocycles. The van der Waals surface area contributed by atoms with Gasteiger partial charge in [-0.15, -0.1) is 0 Å². The predicted molar refractivity (Wildman–Crippen MR) is 325 cm³/mol. The number of aliphatic hydroxyl groups excluding tert-OH is 13. The van der Waals surface area contributed by atoms with Crippen molar-refractivity contribution in [2.45, 2.75) is 199 Å². The van der Waals surface area contributed by atoms with Gasteiger partial charge in [-0.2, -0.15) is 0 Å². The molecule has 38 heteroatoms. The van der Waals surface area contributed by atoms with Gasteiger partial charge in [0.1, 0.15) is 128 Å². The lowest BCUT2D eigenvalue weighted by atomic mass is 9.92. The monoisotopic (exact) mass is 1380 g/mol. The van der Waals surface area contributed by atoms with Gasteiger partial charge in [-0.3, -0.25) is 49.5 Å². The highest BCUT2D eigenvalue weighted by Gasteiger charge is 2.55. The van der Waals surface area contributed by atoms with Gasteiger partial charge in [0, 0.05) is 31.8 Å². The second-order valence-electron chi connectivity index (χ2n) is 25.0. The molecular formula is C59H90N12O26. The number of hydrogen-bond donors (Lipinski definition) is 24. The van der Waals surface area contributed by atoms with Gasteiger partial charge in [-0.1, -0.05) is 63.2 Å². The molecule has 97 heavy (non-hydrogen) atoms. The van der Waals surface area contributed by atoms with E-state index in [-0.39, 0.29) is 30.2 Å². The third kappa shape index (κ3) is 18.2. The van der Waals surface area contributed by atoms with E-state index in [9.17, 15) is 90.4 Å². The smallest absolute Gasteiger partial charge is 0.306 e. The number of esters is 1. The van der Waals surface area contributed by atoms with Crippen LogP contribution in [0, 0.1) is 5.92 Å². The van der Waals surface area contributed by atoms with Gasteiger partial charge in [-0.05, 0) is 29.2 Å². The first kappa shape index (κ1) is 76.4. The molecular weight excluding hydrogens is 1290 g/mol. The molecule has 542 valence electrons. The molecule has 2 aromatic carbocycles. The maximum atomic E-state index is 15.2. The lowest BCUT2D eigenvalue weighted by Gasteiger charge is -2.47. The van der Waals surface area contributed by atoms with Crippen LogP contribution in [0.15, 0.2) is 54.6 Å². The maximum Gasteiger partial charge on any atom is 0.306 e. The zero-order valence-electron chi connectivity index (χ0n) is 52.9. The number of rotatable bonds is 20.